The second kappa shape index (κ2) is 7.69. The van der Waals surface area contributed by atoms with E-state index in [4.69, 9.17) is 4.42 Å². The number of alkyl halides is 3. The Kier molecular flexibility index (Phi) is 5.49. The minimum atomic E-state index is -4.47. The quantitative estimate of drug-likeness (QED) is 0.796. The Morgan fingerprint density at radius 3 is 2.57 bits per heavy atom. The van der Waals surface area contributed by atoms with Crippen molar-refractivity contribution in [2.24, 2.45) is 5.92 Å². The van der Waals surface area contributed by atoms with Crippen molar-refractivity contribution in [3.05, 3.63) is 59.5 Å². The molecule has 8 heteroatoms. The van der Waals surface area contributed by atoms with Gasteiger partial charge in [-0.15, -0.1) is 0 Å². The van der Waals surface area contributed by atoms with Gasteiger partial charge in [-0.2, -0.15) is 13.2 Å². The molecule has 3 rings (SSSR count). The lowest BCUT2D eigenvalue weighted by Gasteiger charge is -2.23. The number of rotatable bonds is 4. The summed E-state index contributed by atoms with van der Waals surface area (Å²) in [5.74, 6) is -1.58. The van der Waals surface area contributed by atoms with Crippen molar-refractivity contribution in [2.75, 3.05) is 26.7 Å². The summed E-state index contributed by atoms with van der Waals surface area (Å²) < 4.78 is 44.5. The number of carbonyl (C=O) groups is 2. The number of furan rings is 1. The Labute approximate surface area is 160 Å². The first-order valence-electron chi connectivity index (χ1n) is 8.97. The van der Waals surface area contributed by atoms with Crippen molar-refractivity contribution in [3.63, 3.8) is 0 Å². The van der Waals surface area contributed by atoms with Gasteiger partial charge in [0.05, 0.1) is 17.7 Å². The lowest BCUT2D eigenvalue weighted by molar-refractivity contribution is -0.137. The fourth-order valence-corrected chi connectivity index (χ4v) is 3.50. The number of hydrogen-bond donors (Lipinski definition) is 0. The van der Waals surface area contributed by atoms with Crippen molar-refractivity contribution in [1.29, 1.82) is 0 Å². The first kappa shape index (κ1) is 20.0. The number of halogens is 3. The van der Waals surface area contributed by atoms with Gasteiger partial charge < -0.3 is 14.2 Å². The van der Waals surface area contributed by atoms with Crippen molar-refractivity contribution in [2.45, 2.75) is 19.0 Å². The number of likely N-dealkylation sites (tertiary alicyclic amines) is 1. The third-order valence-corrected chi connectivity index (χ3v) is 5.15. The summed E-state index contributed by atoms with van der Waals surface area (Å²) in [5.41, 5.74) is -0.372. The molecule has 0 spiro atoms. The van der Waals surface area contributed by atoms with Gasteiger partial charge in [0.1, 0.15) is 0 Å². The van der Waals surface area contributed by atoms with E-state index in [1.165, 1.54) is 28.2 Å². The largest absolute Gasteiger partial charge is 0.459 e. The zero-order valence-corrected chi connectivity index (χ0v) is 15.6. The van der Waals surface area contributed by atoms with E-state index in [9.17, 15) is 22.8 Å². The minimum Gasteiger partial charge on any atom is -0.459 e. The van der Waals surface area contributed by atoms with Crippen LogP contribution in [0.1, 0.15) is 34.5 Å². The lowest BCUT2D eigenvalue weighted by Crippen LogP contribution is -2.36. The average Bonchev–Trinajstić information content (AvgIpc) is 3.35. The van der Waals surface area contributed by atoms with E-state index in [1.54, 1.807) is 19.2 Å². The van der Waals surface area contributed by atoms with Crippen LogP contribution in [0.5, 0.6) is 0 Å². The van der Waals surface area contributed by atoms with Crippen molar-refractivity contribution in [1.82, 2.24) is 9.80 Å². The maximum atomic E-state index is 13.1. The molecule has 28 heavy (non-hydrogen) atoms. The van der Waals surface area contributed by atoms with Gasteiger partial charge in [-0.05, 0) is 30.7 Å². The zero-order chi connectivity index (χ0) is 20.5. The fourth-order valence-electron chi connectivity index (χ4n) is 3.50. The number of benzene rings is 1. The smallest absolute Gasteiger partial charge is 0.416 e. The van der Waals surface area contributed by atoms with Crippen LogP contribution in [0.2, 0.25) is 0 Å². The van der Waals surface area contributed by atoms with Gasteiger partial charge in [0.25, 0.3) is 5.91 Å². The summed E-state index contributed by atoms with van der Waals surface area (Å²) in [6.07, 6.45) is -3.10. The molecule has 0 N–H and O–H groups in total. The number of nitrogens with zero attached hydrogens (tertiary/aromatic N) is 2. The summed E-state index contributed by atoms with van der Waals surface area (Å²) in [6.45, 7) is 2.56. The van der Waals surface area contributed by atoms with Crippen LogP contribution in [-0.2, 0) is 11.0 Å². The molecular formula is C20H21F3N2O3. The first-order chi connectivity index (χ1) is 13.2. The predicted molar refractivity (Wildman–Crippen MR) is 95.6 cm³/mol. The van der Waals surface area contributed by atoms with E-state index >= 15 is 0 Å². The molecule has 0 aliphatic carbocycles. The maximum absolute atomic E-state index is 13.1. The minimum absolute atomic E-state index is 0.129. The highest BCUT2D eigenvalue weighted by atomic mass is 19.4. The van der Waals surface area contributed by atoms with E-state index in [1.807, 2.05) is 6.92 Å². The van der Waals surface area contributed by atoms with E-state index < -0.39 is 23.6 Å². The molecule has 2 unspecified atom stereocenters. The van der Waals surface area contributed by atoms with Gasteiger partial charge in [-0.3, -0.25) is 9.59 Å². The summed E-state index contributed by atoms with van der Waals surface area (Å²) in [4.78, 5) is 28.5. The Morgan fingerprint density at radius 2 is 1.96 bits per heavy atom. The van der Waals surface area contributed by atoms with Crippen LogP contribution >= 0.6 is 0 Å². The third kappa shape index (κ3) is 3.90. The molecule has 1 aromatic carbocycles. The van der Waals surface area contributed by atoms with Gasteiger partial charge in [0.15, 0.2) is 5.76 Å². The number of carbonyl (C=O) groups excluding carboxylic acids is 2. The number of amides is 2. The highest BCUT2D eigenvalue weighted by Crippen LogP contribution is 2.37. The summed E-state index contributed by atoms with van der Waals surface area (Å²) >= 11 is 0. The molecule has 2 aromatic rings. The molecule has 1 aliphatic heterocycles. The summed E-state index contributed by atoms with van der Waals surface area (Å²) in [6, 6.07) is 8.08. The Hall–Kier alpha value is -2.77. The molecule has 2 atom stereocenters. The molecule has 0 radical (unpaired) electrons. The first-order valence-corrected chi connectivity index (χ1v) is 8.97. The van der Waals surface area contributed by atoms with Gasteiger partial charge >= 0.3 is 6.18 Å². The standard InChI is InChI=1S/C20H21F3N2O3/c1-3-24(2)18(26)16-12-25(19(27)17-8-5-9-28-17)11-15(16)13-6-4-7-14(10-13)20(21,22)23/h4-10,15-16H,3,11-12H2,1-2H3. The molecule has 150 valence electrons. The van der Waals surface area contributed by atoms with Crippen LogP contribution in [0.3, 0.4) is 0 Å². The Bertz CT molecular complexity index is 849. The van der Waals surface area contributed by atoms with Crippen LogP contribution < -0.4 is 0 Å². The Balaban J connectivity index is 1.94. The summed E-state index contributed by atoms with van der Waals surface area (Å²) in [7, 11) is 1.64. The summed E-state index contributed by atoms with van der Waals surface area (Å²) in [5, 5.41) is 0. The monoisotopic (exact) mass is 394 g/mol. The van der Waals surface area contributed by atoms with E-state index in [2.05, 4.69) is 0 Å². The van der Waals surface area contributed by atoms with Crippen LogP contribution in [0.25, 0.3) is 0 Å². The number of hydrogen-bond acceptors (Lipinski definition) is 3. The fraction of sp³-hybridized carbons (Fsp3) is 0.400. The molecule has 1 aromatic heterocycles. The molecule has 2 heterocycles. The highest BCUT2D eigenvalue weighted by molar-refractivity contribution is 5.92. The van der Waals surface area contributed by atoms with E-state index in [0.717, 1.165) is 12.1 Å². The van der Waals surface area contributed by atoms with Crippen molar-refractivity contribution in [3.8, 4) is 0 Å². The second-order valence-electron chi connectivity index (χ2n) is 6.88. The SMILES string of the molecule is CCN(C)C(=O)C1CN(C(=O)c2ccco2)CC1c1cccc(C(F)(F)F)c1. The lowest BCUT2D eigenvalue weighted by atomic mass is 9.87. The van der Waals surface area contributed by atoms with E-state index in [-0.39, 0.29) is 30.7 Å². The van der Waals surface area contributed by atoms with Crippen LogP contribution in [0, 0.1) is 5.92 Å². The average molecular weight is 394 g/mol. The molecule has 0 saturated carbocycles. The molecule has 0 bridgehead atoms. The van der Waals surface area contributed by atoms with Gasteiger partial charge in [0.2, 0.25) is 5.91 Å². The molecular weight excluding hydrogens is 373 g/mol. The zero-order valence-electron chi connectivity index (χ0n) is 15.6. The van der Waals surface area contributed by atoms with E-state index in [0.29, 0.717) is 12.1 Å². The predicted octanol–water partition coefficient (Wildman–Crippen LogP) is 3.63. The molecule has 5 nitrogen and oxygen atoms in total. The molecule has 2 amide bonds. The van der Waals surface area contributed by atoms with Crippen LogP contribution in [0.15, 0.2) is 47.1 Å². The van der Waals surface area contributed by atoms with Crippen LogP contribution in [-0.4, -0.2) is 48.3 Å². The second-order valence-corrected chi connectivity index (χ2v) is 6.88. The molecule has 1 saturated heterocycles. The third-order valence-electron chi connectivity index (χ3n) is 5.15. The molecule has 1 fully saturated rings. The normalized spacial score (nSPS) is 19.7. The van der Waals surface area contributed by atoms with Gasteiger partial charge in [-0.25, -0.2) is 0 Å². The highest BCUT2D eigenvalue weighted by Gasteiger charge is 2.42. The van der Waals surface area contributed by atoms with Gasteiger partial charge in [-0.1, -0.05) is 18.2 Å². The van der Waals surface area contributed by atoms with Crippen molar-refractivity contribution >= 4 is 11.8 Å². The van der Waals surface area contributed by atoms with Crippen molar-refractivity contribution < 1.29 is 27.2 Å². The van der Waals surface area contributed by atoms with Gasteiger partial charge in [0, 0.05) is 32.6 Å². The van der Waals surface area contributed by atoms with Crippen LogP contribution in [0.4, 0.5) is 13.2 Å². The molecule has 1 aliphatic rings. The maximum Gasteiger partial charge on any atom is 0.416 e. The topological polar surface area (TPSA) is 53.8 Å². The Morgan fingerprint density at radius 1 is 1.21 bits per heavy atom.